The lowest BCUT2D eigenvalue weighted by atomic mass is 10.1. The summed E-state index contributed by atoms with van der Waals surface area (Å²) in [6.45, 7) is 3.57. The third-order valence-electron chi connectivity index (χ3n) is 3.76. The summed E-state index contributed by atoms with van der Waals surface area (Å²) in [5.74, 6) is 0.914. The number of fused-ring (bicyclic) bond motifs is 1. The van der Waals surface area contributed by atoms with E-state index in [1.165, 1.54) is 11.1 Å². The van der Waals surface area contributed by atoms with E-state index >= 15 is 0 Å². The lowest BCUT2D eigenvalue weighted by Gasteiger charge is -2.10. The van der Waals surface area contributed by atoms with Crippen molar-refractivity contribution in [1.29, 1.82) is 0 Å². The molecule has 0 aliphatic heterocycles. The van der Waals surface area contributed by atoms with Gasteiger partial charge in [0.2, 0.25) is 0 Å². The summed E-state index contributed by atoms with van der Waals surface area (Å²) in [5, 5.41) is 0. The first-order valence-electron chi connectivity index (χ1n) is 6.78. The molecule has 4 nitrogen and oxygen atoms in total. The van der Waals surface area contributed by atoms with E-state index < -0.39 is 0 Å². The van der Waals surface area contributed by atoms with Crippen LogP contribution in [0.4, 0.5) is 0 Å². The topological polar surface area (TPSA) is 53.1 Å². The van der Waals surface area contributed by atoms with Crippen molar-refractivity contribution in [2.45, 2.75) is 39.0 Å². The molecular weight excluding hydrogens is 238 g/mol. The molecule has 0 radical (unpaired) electrons. The maximum atomic E-state index is 6.03. The standard InChI is InChI=1S/C15H19N3O/c1-2-18-10-17-8-12(18)9-19-13-4-5-14-11(7-13)3-6-15(14)16/h4-5,7-8,10,15H,2-3,6,9,16H2,1H3/t15-/m1/s1. The fourth-order valence-corrected chi connectivity index (χ4v) is 2.63. The second-order valence-electron chi connectivity index (χ2n) is 4.97. The molecule has 0 saturated carbocycles. The van der Waals surface area contributed by atoms with Crippen LogP contribution in [-0.2, 0) is 19.6 Å². The SMILES string of the molecule is CCn1cncc1COc1ccc2c(c1)CC[C@H]2N. The van der Waals surface area contributed by atoms with Gasteiger partial charge in [0.25, 0.3) is 0 Å². The Balaban J connectivity index is 1.71. The number of benzene rings is 1. The number of hydrogen-bond acceptors (Lipinski definition) is 3. The number of hydrogen-bond donors (Lipinski definition) is 1. The smallest absolute Gasteiger partial charge is 0.130 e. The highest BCUT2D eigenvalue weighted by molar-refractivity contribution is 5.40. The van der Waals surface area contributed by atoms with Crippen LogP contribution in [-0.4, -0.2) is 9.55 Å². The van der Waals surface area contributed by atoms with Crippen molar-refractivity contribution in [2.75, 3.05) is 0 Å². The number of nitrogens with zero attached hydrogens (tertiary/aromatic N) is 2. The molecule has 1 heterocycles. The summed E-state index contributed by atoms with van der Waals surface area (Å²) in [6, 6.07) is 6.43. The molecule has 100 valence electrons. The van der Waals surface area contributed by atoms with Crippen molar-refractivity contribution in [3.8, 4) is 5.75 Å². The normalized spacial score (nSPS) is 17.5. The highest BCUT2D eigenvalue weighted by Crippen LogP contribution is 2.31. The Morgan fingerprint density at radius 3 is 3.21 bits per heavy atom. The highest BCUT2D eigenvalue weighted by atomic mass is 16.5. The number of aryl methyl sites for hydroxylation is 2. The Kier molecular flexibility index (Phi) is 3.25. The average Bonchev–Trinajstić information content (AvgIpc) is 3.03. The van der Waals surface area contributed by atoms with E-state index in [-0.39, 0.29) is 6.04 Å². The van der Waals surface area contributed by atoms with Gasteiger partial charge in [-0.3, -0.25) is 0 Å². The second-order valence-corrected chi connectivity index (χ2v) is 4.97. The summed E-state index contributed by atoms with van der Waals surface area (Å²) in [5.41, 5.74) is 9.73. The zero-order chi connectivity index (χ0) is 13.2. The van der Waals surface area contributed by atoms with Crippen LogP contribution in [0, 0.1) is 0 Å². The molecule has 3 rings (SSSR count). The van der Waals surface area contributed by atoms with E-state index in [0.717, 1.165) is 30.8 Å². The predicted octanol–water partition coefficient (Wildman–Crippen LogP) is 2.43. The Morgan fingerprint density at radius 1 is 1.47 bits per heavy atom. The number of aromatic nitrogens is 2. The molecule has 0 unspecified atom stereocenters. The lowest BCUT2D eigenvalue weighted by Crippen LogP contribution is -2.05. The molecule has 1 aliphatic rings. The van der Waals surface area contributed by atoms with E-state index in [9.17, 15) is 0 Å². The molecule has 0 fully saturated rings. The molecule has 4 heteroatoms. The number of imidazole rings is 1. The number of nitrogens with two attached hydrogens (primary N) is 1. The maximum Gasteiger partial charge on any atom is 0.130 e. The third kappa shape index (κ3) is 2.36. The molecule has 1 aliphatic carbocycles. The molecule has 2 aromatic rings. The van der Waals surface area contributed by atoms with Crippen molar-refractivity contribution in [3.63, 3.8) is 0 Å². The monoisotopic (exact) mass is 257 g/mol. The van der Waals surface area contributed by atoms with Gasteiger partial charge in [0.1, 0.15) is 12.4 Å². The van der Waals surface area contributed by atoms with Gasteiger partial charge in [-0.2, -0.15) is 0 Å². The first-order valence-corrected chi connectivity index (χ1v) is 6.78. The van der Waals surface area contributed by atoms with E-state index in [1.807, 2.05) is 18.6 Å². The third-order valence-corrected chi connectivity index (χ3v) is 3.76. The van der Waals surface area contributed by atoms with Gasteiger partial charge in [0, 0.05) is 12.6 Å². The molecule has 1 aromatic heterocycles. The van der Waals surface area contributed by atoms with Gasteiger partial charge >= 0.3 is 0 Å². The Morgan fingerprint density at radius 2 is 2.37 bits per heavy atom. The zero-order valence-corrected chi connectivity index (χ0v) is 11.2. The maximum absolute atomic E-state index is 6.03. The molecular formula is C15H19N3O. The van der Waals surface area contributed by atoms with Gasteiger partial charge in [-0.05, 0) is 43.0 Å². The van der Waals surface area contributed by atoms with Crippen LogP contribution in [0.3, 0.4) is 0 Å². The minimum atomic E-state index is 0.200. The fraction of sp³-hybridized carbons (Fsp3) is 0.400. The summed E-state index contributed by atoms with van der Waals surface area (Å²) in [6.07, 6.45) is 5.79. The van der Waals surface area contributed by atoms with Crippen molar-refractivity contribution in [1.82, 2.24) is 9.55 Å². The number of ether oxygens (including phenoxy) is 1. The first-order chi connectivity index (χ1) is 9.28. The summed E-state index contributed by atoms with van der Waals surface area (Å²) < 4.78 is 7.94. The van der Waals surface area contributed by atoms with Crippen LogP contribution in [0.25, 0.3) is 0 Å². The molecule has 0 spiro atoms. The van der Waals surface area contributed by atoms with Gasteiger partial charge in [0.05, 0.1) is 18.2 Å². The van der Waals surface area contributed by atoms with Gasteiger partial charge < -0.3 is 15.0 Å². The average molecular weight is 257 g/mol. The fourth-order valence-electron chi connectivity index (χ4n) is 2.63. The number of rotatable bonds is 4. The van der Waals surface area contributed by atoms with Gasteiger partial charge in [-0.15, -0.1) is 0 Å². The molecule has 2 N–H and O–H groups in total. The Labute approximate surface area is 113 Å². The lowest BCUT2D eigenvalue weighted by molar-refractivity contribution is 0.295. The molecule has 19 heavy (non-hydrogen) atoms. The van der Waals surface area contributed by atoms with Gasteiger partial charge in [-0.25, -0.2) is 4.98 Å². The van der Waals surface area contributed by atoms with Gasteiger partial charge in [-0.1, -0.05) is 6.07 Å². The molecule has 0 amide bonds. The Hall–Kier alpha value is -1.81. The zero-order valence-electron chi connectivity index (χ0n) is 11.2. The van der Waals surface area contributed by atoms with Crippen molar-refractivity contribution in [2.24, 2.45) is 5.73 Å². The molecule has 0 bridgehead atoms. The summed E-state index contributed by atoms with van der Waals surface area (Å²) in [7, 11) is 0. The van der Waals surface area contributed by atoms with Crippen LogP contribution in [0.5, 0.6) is 5.75 Å². The molecule has 1 atom stereocenters. The van der Waals surface area contributed by atoms with Crippen LogP contribution in [0.15, 0.2) is 30.7 Å². The van der Waals surface area contributed by atoms with E-state index in [1.54, 1.807) is 0 Å². The predicted molar refractivity (Wildman–Crippen MR) is 73.9 cm³/mol. The van der Waals surface area contributed by atoms with Crippen LogP contribution in [0.2, 0.25) is 0 Å². The minimum absolute atomic E-state index is 0.200. The van der Waals surface area contributed by atoms with Crippen LogP contribution < -0.4 is 10.5 Å². The summed E-state index contributed by atoms with van der Waals surface area (Å²) >= 11 is 0. The van der Waals surface area contributed by atoms with Crippen molar-refractivity contribution in [3.05, 3.63) is 47.5 Å². The van der Waals surface area contributed by atoms with Crippen LogP contribution >= 0.6 is 0 Å². The largest absolute Gasteiger partial charge is 0.487 e. The van der Waals surface area contributed by atoms with Crippen molar-refractivity contribution < 1.29 is 4.74 Å². The quantitative estimate of drug-likeness (QED) is 0.915. The van der Waals surface area contributed by atoms with Crippen LogP contribution in [0.1, 0.15) is 36.2 Å². The summed E-state index contributed by atoms with van der Waals surface area (Å²) in [4.78, 5) is 4.14. The Bertz CT molecular complexity index is 577. The van der Waals surface area contributed by atoms with Crippen molar-refractivity contribution >= 4 is 0 Å². The second kappa shape index (κ2) is 5.05. The molecule has 0 saturated heterocycles. The van der Waals surface area contributed by atoms with E-state index in [0.29, 0.717) is 6.61 Å². The highest BCUT2D eigenvalue weighted by Gasteiger charge is 2.19. The van der Waals surface area contributed by atoms with E-state index in [2.05, 4.69) is 28.6 Å². The van der Waals surface area contributed by atoms with E-state index in [4.69, 9.17) is 10.5 Å². The first kappa shape index (κ1) is 12.2. The van der Waals surface area contributed by atoms with Gasteiger partial charge in [0.15, 0.2) is 0 Å². The molecule has 1 aromatic carbocycles. The minimum Gasteiger partial charge on any atom is -0.487 e.